The van der Waals surface area contributed by atoms with Crippen LogP contribution in [-0.4, -0.2) is 23.9 Å². The number of rotatable bonds is 7. The van der Waals surface area contributed by atoms with Gasteiger partial charge in [-0.05, 0) is 17.5 Å². The molecule has 2 aromatic rings. The van der Waals surface area contributed by atoms with Crippen LogP contribution in [0.5, 0.6) is 0 Å². The average Bonchev–Trinajstić information content (AvgIpc) is 2.49. The van der Waals surface area contributed by atoms with E-state index in [0.29, 0.717) is 13.0 Å². The van der Waals surface area contributed by atoms with Gasteiger partial charge in [-0.2, -0.15) is 0 Å². The number of hydrogen-bond acceptors (Lipinski definition) is 3. The molecule has 0 saturated carbocycles. The van der Waals surface area contributed by atoms with Gasteiger partial charge in [0, 0.05) is 6.04 Å². The zero-order chi connectivity index (χ0) is 14.2. The minimum absolute atomic E-state index is 0.253. The second kappa shape index (κ2) is 7.80. The SMILES string of the molecule is N[C@@H](Cc1ccccc1)[C@H](O)COCc1ccccc1. The molecule has 0 unspecified atom stereocenters. The summed E-state index contributed by atoms with van der Waals surface area (Å²) in [6.07, 6.45) is -0.00427. The normalized spacial score (nSPS) is 13.9. The second-order valence-electron chi connectivity index (χ2n) is 4.92. The molecule has 0 aliphatic rings. The molecule has 0 saturated heterocycles. The van der Waals surface area contributed by atoms with E-state index < -0.39 is 6.10 Å². The van der Waals surface area contributed by atoms with Crippen LogP contribution in [0, 0.1) is 0 Å². The van der Waals surface area contributed by atoms with Gasteiger partial charge in [0.15, 0.2) is 0 Å². The minimum atomic E-state index is -0.654. The van der Waals surface area contributed by atoms with Gasteiger partial charge in [-0.1, -0.05) is 60.7 Å². The maximum absolute atomic E-state index is 10.0. The fourth-order valence-electron chi connectivity index (χ4n) is 2.02. The molecule has 106 valence electrons. The average molecular weight is 271 g/mol. The highest BCUT2D eigenvalue weighted by Crippen LogP contribution is 2.06. The molecule has 2 rings (SSSR count). The highest BCUT2D eigenvalue weighted by molar-refractivity contribution is 5.16. The number of benzene rings is 2. The molecule has 0 aliphatic carbocycles. The molecule has 0 aliphatic heterocycles. The van der Waals surface area contributed by atoms with Crippen LogP contribution < -0.4 is 5.73 Å². The molecular formula is C17H21NO2. The van der Waals surface area contributed by atoms with Crippen LogP contribution in [0.3, 0.4) is 0 Å². The molecule has 0 fully saturated rings. The van der Waals surface area contributed by atoms with Crippen molar-refractivity contribution in [3.8, 4) is 0 Å². The molecule has 0 bridgehead atoms. The summed E-state index contributed by atoms with van der Waals surface area (Å²) in [4.78, 5) is 0. The van der Waals surface area contributed by atoms with E-state index in [9.17, 15) is 5.11 Å². The largest absolute Gasteiger partial charge is 0.389 e. The Morgan fingerprint density at radius 2 is 1.45 bits per heavy atom. The number of ether oxygens (including phenoxy) is 1. The van der Waals surface area contributed by atoms with Crippen molar-refractivity contribution in [3.05, 3.63) is 71.8 Å². The first-order valence-corrected chi connectivity index (χ1v) is 6.85. The smallest absolute Gasteiger partial charge is 0.0927 e. The van der Waals surface area contributed by atoms with Gasteiger partial charge in [0.25, 0.3) is 0 Å². The lowest BCUT2D eigenvalue weighted by Gasteiger charge is -2.19. The van der Waals surface area contributed by atoms with E-state index in [1.807, 2.05) is 60.7 Å². The van der Waals surface area contributed by atoms with Gasteiger partial charge in [-0.15, -0.1) is 0 Å². The highest BCUT2D eigenvalue weighted by atomic mass is 16.5. The van der Waals surface area contributed by atoms with E-state index in [2.05, 4.69) is 0 Å². The summed E-state index contributed by atoms with van der Waals surface area (Å²) in [6, 6.07) is 19.5. The van der Waals surface area contributed by atoms with Crippen LogP contribution in [0.2, 0.25) is 0 Å². The van der Waals surface area contributed by atoms with Crippen molar-refractivity contribution in [2.75, 3.05) is 6.61 Å². The first-order chi connectivity index (χ1) is 9.75. The van der Waals surface area contributed by atoms with E-state index >= 15 is 0 Å². The Morgan fingerprint density at radius 1 is 0.900 bits per heavy atom. The highest BCUT2D eigenvalue weighted by Gasteiger charge is 2.15. The lowest BCUT2D eigenvalue weighted by atomic mass is 10.0. The monoisotopic (exact) mass is 271 g/mol. The lowest BCUT2D eigenvalue weighted by molar-refractivity contribution is 0.0160. The molecule has 2 aromatic carbocycles. The summed E-state index contributed by atoms with van der Waals surface area (Å²) in [7, 11) is 0. The molecule has 0 amide bonds. The Kier molecular flexibility index (Phi) is 5.74. The third kappa shape index (κ3) is 4.78. The summed E-state index contributed by atoms with van der Waals surface area (Å²) < 4.78 is 5.51. The topological polar surface area (TPSA) is 55.5 Å². The molecule has 3 nitrogen and oxygen atoms in total. The summed E-state index contributed by atoms with van der Waals surface area (Å²) in [5.74, 6) is 0. The quantitative estimate of drug-likeness (QED) is 0.811. The van der Waals surface area contributed by atoms with Gasteiger partial charge in [0.1, 0.15) is 0 Å². The molecule has 2 atom stereocenters. The van der Waals surface area contributed by atoms with Crippen LogP contribution >= 0.6 is 0 Å². The number of hydrogen-bond donors (Lipinski definition) is 2. The number of aliphatic hydroxyl groups excluding tert-OH is 1. The molecule has 0 radical (unpaired) electrons. The predicted octanol–water partition coefficient (Wildman–Crippen LogP) is 2.13. The fourth-order valence-corrected chi connectivity index (χ4v) is 2.02. The maximum Gasteiger partial charge on any atom is 0.0927 e. The Morgan fingerprint density at radius 3 is 2.05 bits per heavy atom. The standard InChI is InChI=1S/C17H21NO2/c18-16(11-14-7-3-1-4-8-14)17(19)13-20-12-15-9-5-2-6-10-15/h1-10,16-17,19H,11-13,18H2/t16-,17+/m0/s1. The molecule has 0 heterocycles. The van der Waals surface area contributed by atoms with Crippen LogP contribution in [0.4, 0.5) is 0 Å². The molecule has 3 heteroatoms. The molecule has 20 heavy (non-hydrogen) atoms. The third-order valence-corrected chi connectivity index (χ3v) is 3.21. The van der Waals surface area contributed by atoms with E-state index in [1.165, 1.54) is 0 Å². The van der Waals surface area contributed by atoms with Crippen molar-refractivity contribution in [2.45, 2.75) is 25.2 Å². The lowest BCUT2D eigenvalue weighted by Crippen LogP contribution is -2.39. The molecule has 0 spiro atoms. The van der Waals surface area contributed by atoms with Crippen LogP contribution in [0.1, 0.15) is 11.1 Å². The van der Waals surface area contributed by atoms with Gasteiger partial charge in [-0.25, -0.2) is 0 Å². The van der Waals surface area contributed by atoms with E-state index in [1.54, 1.807) is 0 Å². The van der Waals surface area contributed by atoms with E-state index in [0.717, 1.165) is 11.1 Å². The first kappa shape index (κ1) is 14.7. The van der Waals surface area contributed by atoms with Gasteiger partial charge < -0.3 is 15.6 Å². The minimum Gasteiger partial charge on any atom is -0.389 e. The van der Waals surface area contributed by atoms with Gasteiger partial charge in [0.2, 0.25) is 0 Å². The molecule has 3 N–H and O–H groups in total. The third-order valence-electron chi connectivity index (χ3n) is 3.21. The van der Waals surface area contributed by atoms with Crippen molar-refractivity contribution < 1.29 is 9.84 Å². The predicted molar refractivity (Wildman–Crippen MR) is 80.2 cm³/mol. The Hall–Kier alpha value is -1.68. The van der Waals surface area contributed by atoms with E-state index in [4.69, 9.17) is 10.5 Å². The van der Waals surface area contributed by atoms with Crippen LogP contribution in [-0.2, 0) is 17.8 Å². The Balaban J connectivity index is 1.73. The van der Waals surface area contributed by atoms with Crippen LogP contribution in [0.15, 0.2) is 60.7 Å². The summed E-state index contributed by atoms with van der Waals surface area (Å²) in [5.41, 5.74) is 8.22. The fraction of sp³-hybridized carbons (Fsp3) is 0.294. The van der Waals surface area contributed by atoms with Crippen molar-refractivity contribution >= 4 is 0 Å². The summed E-state index contributed by atoms with van der Waals surface area (Å²) in [5, 5.41) is 10.0. The molecular weight excluding hydrogens is 250 g/mol. The van der Waals surface area contributed by atoms with E-state index in [-0.39, 0.29) is 12.6 Å². The zero-order valence-electron chi connectivity index (χ0n) is 11.5. The van der Waals surface area contributed by atoms with Gasteiger partial charge >= 0.3 is 0 Å². The van der Waals surface area contributed by atoms with Crippen molar-refractivity contribution in [1.82, 2.24) is 0 Å². The number of aliphatic hydroxyl groups is 1. The number of nitrogens with two attached hydrogens (primary N) is 1. The first-order valence-electron chi connectivity index (χ1n) is 6.85. The van der Waals surface area contributed by atoms with Crippen molar-refractivity contribution in [1.29, 1.82) is 0 Å². The van der Waals surface area contributed by atoms with Crippen molar-refractivity contribution in [3.63, 3.8) is 0 Å². The van der Waals surface area contributed by atoms with Gasteiger partial charge in [0.05, 0.1) is 19.3 Å². The van der Waals surface area contributed by atoms with Crippen molar-refractivity contribution in [2.24, 2.45) is 5.73 Å². The Labute approximate surface area is 120 Å². The van der Waals surface area contributed by atoms with Crippen LogP contribution in [0.25, 0.3) is 0 Å². The summed E-state index contributed by atoms with van der Waals surface area (Å²) in [6.45, 7) is 0.749. The zero-order valence-corrected chi connectivity index (χ0v) is 11.5. The Bertz CT molecular complexity index is 487. The second-order valence-corrected chi connectivity index (χ2v) is 4.92. The van der Waals surface area contributed by atoms with Gasteiger partial charge in [-0.3, -0.25) is 0 Å². The summed E-state index contributed by atoms with van der Waals surface area (Å²) >= 11 is 0. The maximum atomic E-state index is 10.0. The molecule has 0 aromatic heterocycles.